The number of aromatic nitrogens is 1. The topological polar surface area (TPSA) is 82.8 Å². The van der Waals surface area contributed by atoms with E-state index in [2.05, 4.69) is 15.6 Å². The number of rotatable bonds is 6. The fraction of sp³-hybridized carbons (Fsp3) is 0.190. The third kappa shape index (κ3) is 3.79. The number of nitrogens with zero attached hydrogens (tertiary/aromatic N) is 2. The van der Waals surface area contributed by atoms with Crippen LogP contribution >= 0.6 is 0 Å². The molecule has 7 heteroatoms. The van der Waals surface area contributed by atoms with Gasteiger partial charge in [-0.3, -0.25) is 0 Å². The molecule has 0 saturated carbocycles. The zero-order valence-electron chi connectivity index (χ0n) is 15.8. The molecule has 2 aromatic carbocycles. The van der Waals surface area contributed by atoms with E-state index in [1.165, 1.54) is 0 Å². The van der Waals surface area contributed by atoms with Gasteiger partial charge in [-0.05, 0) is 36.2 Å². The van der Waals surface area contributed by atoms with Crippen molar-refractivity contribution in [3.05, 3.63) is 66.1 Å². The standard InChI is InChI=1S/C21H22N4O3/c1-14-3-4-15(12-27-2)7-19(14)24-21-23-11-20(28-21)16-8-17(10-18(26)9-16)25-6-5-22-13-25/h3-11,22,26H,12-13H2,1-2H3,(H,23,24). The zero-order chi connectivity index (χ0) is 19.5. The number of phenols is 1. The Labute approximate surface area is 163 Å². The molecule has 144 valence electrons. The third-order valence-electron chi connectivity index (χ3n) is 4.51. The summed E-state index contributed by atoms with van der Waals surface area (Å²) in [6, 6.07) is 11.8. The Bertz CT molecular complexity index is 1010. The highest BCUT2D eigenvalue weighted by molar-refractivity contribution is 5.69. The van der Waals surface area contributed by atoms with Gasteiger partial charge in [-0.1, -0.05) is 12.1 Å². The summed E-state index contributed by atoms with van der Waals surface area (Å²) in [4.78, 5) is 6.32. The fourth-order valence-corrected chi connectivity index (χ4v) is 3.07. The maximum absolute atomic E-state index is 10.1. The van der Waals surface area contributed by atoms with Crippen LogP contribution in [0.1, 0.15) is 11.1 Å². The molecule has 1 aromatic heterocycles. The molecule has 0 amide bonds. The van der Waals surface area contributed by atoms with Crippen molar-refractivity contribution < 1.29 is 14.3 Å². The highest BCUT2D eigenvalue weighted by Gasteiger charge is 2.13. The van der Waals surface area contributed by atoms with Crippen molar-refractivity contribution in [2.45, 2.75) is 13.5 Å². The minimum Gasteiger partial charge on any atom is -0.508 e. The lowest BCUT2D eigenvalue weighted by molar-refractivity contribution is 0.185. The van der Waals surface area contributed by atoms with E-state index >= 15 is 0 Å². The minimum atomic E-state index is 0.168. The summed E-state index contributed by atoms with van der Waals surface area (Å²) in [7, 11) is 1.67. The number of ether oxygens (including phenoxy) is 1. The van der Waals surface area contributed by atoms with E-state index in [0.29, 0.717) is 25.1 Å². The van der Waals surface area contributed by atoms with E-state index in [4.69, 9.17) is 9.15 Å². The quantitative estimate of drug-likeness (QED) is 0.596. The van der Waals surface area contributed by atoms with Crippen LogP contribution in [-0.4, -0.2) is 23.9 Å². The Morgan fingerprint density at radius 3 is 2.96 bits per heavy atom. The largest absolute Gasteiger partial charge is 0.508 e. The number of aryl methyl sites for hydroxylation is 1. The first kappa shape index (κ1) is 17.9. The highest BCUT2D eigenvalue weighted by Crippen LogP contribution is 2.32. The van der Waals surface area contributed by atoms with Crippen LogP contribution < -0.4 is 15.5 Å². The van der Waals surface area contributed by atoms with Crippen molar-refractivity contribution in [2.75, 3.05) is 24.0 Å². The monoisotopic (exact) mass is 378 g/mol. The first-order valence-electron chi connectivity index (χ1n) is 8.95. The molecule has 0 fully saturated rings. The molecule has 0 unspecified atom stereocenters. The summed E-state index contributed by atoms with van der Waals surface area (Å²) in [5, 5.41) is 16.4. The lowest BCUT2D eigenvalue weighted by Crippen LogP contribution is -2.19. The van der Waals surface area contributed by atoms with Gasteiger partial charge in [-0.2, -0.15) is 0 Å². The number of benzene rings is 2. The van der Waals surface area contributed by atoms with Gasteiger partial charge in [0.2, 0.25) is 0 Å². The van der Waals surface area contributed by atoms with Gasteiger partial charge in [0.05, 0.1) is 19.5 Å². The molecule has 2 heterocycles. The Hall–Kier alpha value is -3.45. The maximum atomic E-state index is 10.1. The normalized spacial score (nSPS) is 13.0. The molecule has 3 aromatic rings. The average molecular weight is 378 g/mol. The van der Waals surface area contributed by atoms with E-state index in [9.17, 15) is 5.11 Å². The van der Waals surface area contributed by atoms with Gasteiger partial charge in [-0.25, -0.2) is 4.98 Å². The van der Waals surface area contributed by atoms with E-state index < -0.39 is 0 Å². The number of phenolic OH excluding ortho intramolecular Hbond substituents is 1. The van der Waals surface area contributed by atoms with Gasteiger partial charge in [0, 0.05) is 42.5 Å². The van der Waals surface area contributed by atoms with Crippen molar-refractivity contribution in [1.29, 1.82) is 0 Å². The molecule has 28 heavy (non-hydrogen) atoms. The molecule has 0 atom stereocenters. The summed E-state index contributed by atoms with van der Waals surface area (Å²) in [6.07, 6.45) is 5.43. The number of methoxy groups -OCH3 is 1. The number of anilines is 3. The summed E-state index contributed by atoms with van der Waals surface area (Å²) >= 11 is 0. The minimum absolute atomic E-state index is 0.168. The van der Waals surface area contributed by atoms with Crippen LogP contribution in [0, 0.1) is 6.92 Å². The van der Waals surface area contributed by atoms with Crippen LogP contribution in [0.25, 0.3) is 11.3 Å². The lowest BCUT2D eigenvalue weighted by atomic mass is 10.1. The predicted molar refractivity (Wildman–Crippen MR) is 108 cm³/mol. The van der Waals surface area contributed by atoms with Crippen molar-refractivity contribution in [3.63, 3.8) is 0 Å². The Kier molecular flexibility index (Phi) is 4.90. The van der Waals surface area contributed by atoms with E-state index in [0.717, 1.165) is 28.1 Å². The van der Waals surface area contributed by atoms with E-state index in [1.54, 1.807) is 25.4 Å². The summed E-state index contributed by atoms with van der Waals surface area (Å²) in [5.74, 6) is 0.739. The molecule has 1 aliphatic rings. The van der Waals surface area contributed by atoms with Crippen LogP contribution in [-0.2, 0) is 11.3 Å². The smallest absolute Gasteiger partial charge is 0.299 e. The van der Waals surface area contributed by atoms with Crippen molar-refractivity contribution >= 4 is 17.4 Å². The van der Waals surface area contributed by atoms with Crippen LogP contribution in [0.15, 0.2) is 59.4 Å². The zero-order valence-corrected chi connectivity index (χ0v) is 15.8. The van der Waals surface area contributed by atoms with Crippen molar-refractivity contribution in [3.8, 4) is 17.1 Å². The van der Waals surface area contributed by atoms with Crippen LogP contribution in [0.4, 0.5) is 17.4 Å². The number of hydrogen-bond acceptors (Lipinski definition) is 7. The second kappa shape index (κ2) is 7.66. The molecule has 4 rings (SSSR count). The van der Waals surface area contributed by atoms with Crippen LogP contribution in [0.3, 0.4) is 0 Å². The molecule has 0 aliphatic carbocycles. The number of oxazole rings is 1. The van der Waals surface area contributed by atoms with Gasteiger partial charge in [0.15, 0.2) is 5.76 Å². The molecular formula is C21H22N4O3. The average Bonchev–Trinajstić information content (AvgIpc) is 3.36. The number of aromatic hydroxyl groups is 1. The Morgan fingerprint density at radius 1 is 1.29 bits per heavy atom. The predicted octanol–water partition coefficient (Wildman–Crippen LogP) is 4.08. The summed E-state index contributed by atoms with van der Waals surface area (Å²) in [5.41, 5.74) is 4.67. The van der Waals surface area contributed by atoms with Crippen LogP contribution in [0.5, 0.6) is 5.75 Å². The van der Waals surface area contributed by atoms with Crippen molar-refractivity contribution in [1.82, 2.24) is 10.3 Å². The molecule has 0 bridgehead atoms. The van der Waals surface area contributed by atoms with Gasteiger partial charge < -0.3 is 29.8 Å². The number of nitrogens with one attached hydrogen (secondary N) is 2. The van der Waals surface area contributed by atoms with Crippen LogP contribution in [0.2, 0.25) is 0 Å². The van der Waals surface area contributed by atoms with Gasteiger partial charge in [0.1, 0.15) is 5.75 Å². The molecule has 3 N–H and O–H groups in total. The molecule has 0 spiro atoms. The first-order valence-corrected chi connectivity index (χ1v) is 8.95. The fourth-order valence-electron chi connectivity index (χ4n) is 3.07. The van der Waals surface area contributed by atoms with Gasteiger partial charge >= 0.3 is 0 Å². The van der Waals surface area contributed by atoms with Gasteiger partial charge in [-0.15, -0.1) is 0 Å². The first-order chi connectivity index (χ1) is 13.6. The summed E-state index contributed by atoms with van der Waals surface area (Å²) in [6.45, 7) is 3.21. The van der Waals surface area contributed by atoms with Crippen molar-refractivity contribution in [2.24, 2.45) is 0 Å². The molecule has 7 nitrogen and oxygen atoms in total. The third-order valence-corrected chi connectivity index (χ3v) is 4.51. The second-order valence-electron chi connectivity index (χ2n) is 6.62. The maximum Gasteiger partial charge on any atom is 0.299 e. The second-order valence-corrected chi connectivity index (χ2v) is 6.62. The Balaban J connectivity index is 1.58. The molecule has 0 radical (unpaired) electrons. The molecule has 1 aliphatic heterocycles. The highest BCUT2D eigenvalue weighted by atomic mass is 16.5. The van der Waals surface area contributed by atoms with Gasteiger partial charge in [0.25, 0.3) is 6.01 Å². The van der Waals surface area contributed by atoms with E-state index in [-0.39, 0.29) is 5.75 Å². The van der Waals surface area contributed by atoms with E-state index in [1.807, 2.05) is 48.5 Å². The lowest BCUT2D eigenvalue weighted by Gasteiger charge is -2.16. The molecule has 0 saturated heterocycles. The Morgan fingerprint density at radius 2 is 2.18 bits per heavy atom. The SMILES string of the molecule is COCc1ccc(C)c(Nc2ncc(-c3cc(O)cc(N4C=CNC4)c3)o2)c1. The molecular weight excluding hydrogens is 356 g/mol. The summed E-state index contributed by atoms with van der Waals surface area (Å²) < 4.78 is 11.1. The number of hydrogen-bond donors (Lipinski definition) is 3.